The van der Waals surface area contributed by atoms with Crippen LogP contribution in [0, 0.1) is 11.6 Å². The third-order valence-corrected chi connectivity index (χ3v) is 4.48. The highest BCUT2D eigenvalue weighted by atomic mass is 19.4. The molecule has 2 heterocycles. The van der Waals surface area contributed by atoms with E-state index in [1.165, 1.54) is 12.1 Å². The van der Waals surface area contributed by atoms with Crippen molar-refractivity contribution in [2.75, 3.05) is 18.0 Å². The van der Waals surface area contributed by atoms with Crippen molar-refractivity contribution in [1.82, 2.24) is 10.3 Å². The molecule has 1 fully saturated rings. The van der Waals surface area contributed by atoms with Gasteiger partial charge in [0.15, 0.2) is 0 Å². The first kappa shape index (κ1) is 18.6. The number of alkyl halides is 3. The van der Waals surface area contributed by atoms with Crippen LogP contribution < -0.4 is 10.2 Å². The van der Waals surface area contributed by atoms with Crippen molar-refractivity contribution in [2.45, 2.75) is 31.6 Å². The minimum atomic E-state index is -4.39. The molecule has 0 bridgehead atoms. The fraction of sp³-hybridized carbons (Fsp3) is 0.389. The molecule has 0 spiro atoms. The maximum absolute atomic E-state index is 13.6. The Morgan fingerprint density at radius 3 is 2.42 bits per heavy atom. The van der Waals surface area contributed by atoms with Gasteiger partial charge in [0.2, 0.25) is 0 Å². The van der Waals surface area contributed by atoms with E-state index in [9.17, 15) is 22.0 Å². The van der Waals surface area contributed by atoms with Crippen LogP contribution in [0.4, 0.5) is 27.8 Å². The van der Waals surface area contributed by atoms with Gasteiger partial charge in [-0.25, -0.2) is 13.8 Å². The molecule has 0 aliphatic carbocycles. The van der Waals surface area contributed by atoms with E-state index in [2.05, 4.69) is 10.3 Å². The minimum absolute atomic E-state index is 0.128. The van der Waals surface area contributed by atoms with Gasteiger partial charge in [-0.2, -0.15) is 13.2 Å². The summed E-state index contributed by atoms with van der Waals surface area (Å²) in [4.78, 5) is 5.82. The van der Waals surface area contributed by atoms with Gasteiger partial charge in [-0.15, -0.1) is 0 Å². The van der Waals surface area contributed by atoms with Crippen LogP contribution in [-0.4, -0.2) is 24.1 Å². The van der Waals surface area contributed by atoms with Crippen LogP contribution in [0.1, 0.15) is 24.0 Å². The monoisotopic (exact) mass is 371 g/mol. The fourth-order valence-electron chi connectivity index (χ4n) is 2.99. The molecule has 0 radical (unpaired) electrons. The number of rotatable bonds is 4. The van der Waals surface area contributed by atoms with E-state index in [1.54, 1.807) is 0 Å². The summed E-state index contributed by atoms with van der Waals surface area (Å²) in [6.45, 7) is 1.48. The summed E-state index contributed by atoms with van der Waals surface area (Å²) < 4.78 is 64.5. The van der Waals surface area contributed by atoms with Crippen LogP contribution in [0.15, 0.2) is 36.5 Å². The minimum Gasteiger partial charge on any atom is -0.357 e. The molecule has 3 nitrogen and oxygen atoms in total. The number of nitrogens with zero attached hydrogens (tertiary/aromatic N) is 2. The van der Waals surface area contributed by atoms with Gasteiger partial charge >= 0.3 is 6.18 Å². The average molecular weight is 371 g/mol. The number of hydrogen-bond donors (Lipinski definition) is 1. The van der Waals surface area contributed by atoms with E-state index < -0.39 is 23.4 Å². The van der Waals surface area contributed by atoms with Crippen LogP contribution in [0.2, 0.25) is 0 Å². The number of nitrogens with one attached hydrogen (secondary N) is 1. The van der Waals surface area contributed by atoms with Gasteiger partial charge in [0.05, 0.1) is 5.56 Å². The zero-order valence-corrected chi connectivity index (χ0v) is 13.9. The highest BCUT2D eigenvalue weighted by Crippen LogP contribution is 2.29. The molecule has 1 N–H and O–H groups in total. The van der Waals surface area contributed by atoms with E-state index in [4.69, 9.17) is 0 Å². The van der Waals surface area contributed by atoms with Crippen molar-refractivity contribution < 1.29 is 22.0 Å². The molecule has 0 atom stereocenters. The average Bonchev–Trinajstić information content (AvgIpc) is 2.62. The first-order valence-corrected chi connectivity index (χ1v) is 8.28. The van der Waals surface area contributed by atoms with Gasteiger partial charge in [-0.1, -0.05) is 0 Å². The van der Waals surface area contributed by atoms with Crippen molar-refractivity contribution in [3.05, 3.63) is 59.3 Å². The number of hydrogen-bond acceptors (Lipinski definition) is 3. The highest BCUT2D eigenvalue weighted by molar-refractivity contribution is 5.40. The number of halogens is 5. The van der Waals surface area contributed by atoms with Crippen molar-refractivity contribution in [2.24, 2.45) is 0 Å². The smallest absolute Gasteiger partial charge is 0.357 e. The molecular weight excluding hydrogens is 353 g/mol. The Kier molecular flexibility index (Phi) is 5.41. The van der Waals surface area contributed by atoms with Crippen molar-refractivity contribution in [3.63, 3.8) is 0 Å². The maximum atomic E-state index is 13.6. The molecular formula is C18H18F5N3. The summed E-state index contributed by atoms with van der Waals surface area (Å²) in [6, 6.07) is 5.88. The molecule has 1 aromatic carbocycles. The van der Waals surface area contributed by atoms with E-state index in [0.29, 0.717) is 18.9 Å². The zero-order valence-electron chi connectivity index (χ0n) is 13.9. The lowest BCUT2D eigenvalue weighted by atomic mass is 10.0. The summed E-state index contributed by atoms with van der Waals surface area (Å²) in [5.74, 6) is -0.427. The Morgan fingerprint density at radius 1 is 1.08 bits per heavy atom. The second-order valence-corrected chi connectivity index (χ2v) is 6.28. The highest BCUT2D eigenvalue weighted by Gasteiger charge is 2.31. The third kappa shape index (κ3) is 4.49. The molecule has 1 saturated heterocycles. The second kappa shape index (κ2) is 7.57. The summed E-state index contributed by atoms with van der Waals surface area (Å²) in [6.07, 6.45) is -2.08. The van der Waals surface area contributed by atoms with Gasteiger partial charge in [0, 0.05) is 37.4 Å². The number of anilines is 1. The number of benzene rings is 1. The predicted octanol–water partition coefficient (Wildman–Crippen LogP) is 4.14. The van der Waals surface area contributed by atoms with Crippen LogP contribution in [-0.2, 0) is 12.7 Å². The van der Waals surface area contributed by atoms with Crippen molar-refractivity contribution in [1.29, 1.82) is 0 Å². The first-order chi connectivity index (χ1) is 12.3. The molecule has 140 valence electrons. The Hall–Kier alpha value is -2.22. The van der Waals surface area contributed by atoms with E-state index in [1.807, 2.05) is 4.90 Å². The molecule has 0 amide bonds. The molecule has 0 unspecified atom stereocenters. The van der Waals surface area contributed by atoms with Crippen molar-refractivity contribution in [3.8, 4) is 0 Å². The Bertz CT molecular complexity index is 737. The lowest BCUT2D eigenvalue weighted by Gasteiger charge is -2.33. The van der Waals surface area contributed by atoms with Crippen molar-refractivity contribution >= 4 is 5.82 Å². The summed E-state index contributed by atoms with van der Waals surface area (Å²) >= 11 is 0. The van der Waals surface area contributed by atoms with Gasteiger partial charge < -0.3 is 10.2 Å². The fourth-order valence-corrected chi connectivity index (χ4v) is 2.99. The summed E-state index contributed by atoms with van der Waals surface area (Å²) in [7, 11) is 0. The molecule has 1 aliphatic rings. The third-order valence-electron chi connectivity index (χ3n) is 4.48. The normalized spacial score (nSPS) is 16.1. The first-order valence-electron chi connectivity index (χ1n) is 8.28. The topological polar surface area (TPSA) is 28.2 Å². The largest absolute Gasteiger partial charge is 0.417 e. The van der Waals surface area contributed by atoms with E-state index in [0.717, 1.165) is 37.2 Å². The lowest BCUT2D eigenvalue weighted by molar-refractivity contribution is -0.137. The number of aromatic nitrogens is 1. The van der Waals surface area contributed by atoms with Crippen LogP contribution in [0.5, 0.6) is 0 Å². The van der Waals surface area contributed by atoms with Gasteiger partial charge in [0.1, 0.15) is 17.5 Å². The second-order valence-electron chi connectivity index (χ2n) is 6.28. The standard InChI is InChI=1S/C18H18F5N3/c19-14-2-3-16(20)12(9-14)10-24-15-5-7-26(8-6-15)17-4-1-13(11-25-17)18(21,22)23/h1-4,9,11,15,24H,5-8,10H2. The SMILES string of the molecule is Fc1ccc(F)c(CNC2CCN(c3ccc(C(F)(F)F)cn3)CC2)c1. The zero-order chi connectivity index (χ0) is 18.7. The molecule has 1 aromatic heterocycles. The molecule has 3 rings (SSSR count). The number of piperidine rings is 1. The van der Waals surface area contributed by atoms with Gasteiger partial charge in [-0.3, -0.25) is 0 Å². The van der Waals surface area contributed by atoms with Gasteiger partial charge in [-0.05, 0) is 43.2 Å². The van der Waals surface area contributed by atoms with E-state index in [-0.39, 0.29) is 18.2 Å². The quantitative estimate of drug-likeness (QED) is 0.819. The van der Waals surface area contributed by atoms with Gasteiger partial charge in [0.25, 0.3) is 0 Å². The summed E-state index contributed by atoms with van der Waals surface area (Å²) in [5.41, 5.74) is -0.494. The summed E-state index contributed by atoms with van der Waals surface area (Å²) in [5, 5.41) is 3.20. The Morgan fingerprint density at radius 2 is 1.81 bits per heavy atom. The number of pyridine rings is 1. The van der Waals surface area contributed by atoms with Crippen LogP contribution in [0.25, 0.3) is 0 Å². The molecule has 26 heavy (non-hydrogen) atoms. The molecule has 0 saturated carbocycles. The van der Waals surface area contributed by atoms with E-state index >= 15 is 0 Å². The predicted molar refractivity (Wildman–Crippen MR) is 87.7 cm³/mol. The molecule has 8 heteroatoms. The van der Waals surface area contributed by atoms with Crippen LogP contribution in [0.3, 0.4) is 0 Å². The van der Waals surface area contributed by atoms with Crippen LogP contribution >= 0.6 is 0 Å². The molecule has 1 aliphatic heterocycles. The Balaban J connectivity index is 1.52. The molecule has 2 aromatic rings. The Labute approximate surface area is 147 Å². The maximum Gasteiger partial charge on any atom is 0.417 e. The lowest BCUT2D eigenvalue weighted by Crippen LogP contribution is -2.42.